The van der Waals surface area contributed by atoms with Crippen LogP contribution in [0.15, 0.2) is 12.1 Å². The molecule has 0 fully saturated rings. The third-order valence-corrected chi connectivity index (χ3v) is 2.22. The lowest BCUT2D eigenvalue weighted by Gasteiger charge is -2.13. The van der Waals surface area contributed by atoms with Gasteiger partial charge < -0.3 is 0 Å². The first-order valence-electron chi connectivity index (χ1n) is 3.80. The zero-order valence-electron chi connectivity index (χ0n) is 7.45. The molecule has 15 heavy (non-hydrogen) atoms. The van der Waals surface area contributed by atoms with E-state index < -0.39 is 22.5 Å². The van der Waals surface area contributed by atoms with Gasteiger partial charge in [0, 0.05) is 10.6 Å². The van der Waals surface area contributed by atoms with Crippen molar-refractivity contribution >= 4 is 28.4 Å². The molecule has 0 amide bonds. The maximum Gasteiger partial charge on any atom is 0.417 e. The lowest BCUT2D eigenvalue weighted by atomic mass is 10.0. The van der Waals surface area contributed by atoms with Crippen molar-refractivity contribution in [3.05, 3.63) is 33.8 Å². The molecule has 0 unspecified atom stereocenters. The minimum atomic E-state index is -4.62. The van der Waals surface area contributed by atoms with Crippen LogP contribution in [0.25, 0.3) is 0 Å². The molecule has 0 saturated heterocycles. The quantitative estimate of drug-likeness (QED) is 0.693. The van der Waals surface area contributed by atoms with Crippen molar-refractivity contribution in [2.45, 2.75) is 13.1 Å². The Balaban J connectivity index is 3.55. The Morgan fingerprint density at radius 1 is 1.33 bits per heavy atom. The fourth-order valence-electron chi connectivity index (χ4n) is 1.27. The Hall–Kier alpha value is -0.740. The van der Waals surface area contributed by atoms with Gasteiger partial charge in [0.1, 0.15) is 0 Å². The van der Waals surface area contributed by atoms with Gasteiger partial charge in [0.15, 0.2) is 0 Å². The van der Waals surface area contributed by atoms with Crippen molar-refractivity contribution in [3.63, 3.8) is 0 Å². The van der Waals surface area contributed by atoms with Crippen molar-refractivity contribution in [3.8, 4) is 0 Å². The van der Waals surface area contributed by atoms with Gasteiger partial charge in [0.05, 0.1) is 5.56 Å². The summed E-state index contributed by atoms with van der Waals surface area (Å²) in [5, 5.41) is -1.13. The van der Waals surface area contributed by atoms with E-state index in [1.165, 1.54) is 6.92 Å². The Kier molecular flexibility index (Phi) is 3.31. The van der Waals surface area contributed by atoms with E-state index in [9.17, 15) is 18.0 Å². The Morgan fingerprint density at radius 2 is 1.87 bits per heavy atom. The molecule has 0 N–H and O–H groups in total. The smallest absolute Gasteiger partial charge is 0.276 e. The highest BCUT2D eigenvalue weighted by Crippen LogP contribution is 2.36. The molecule has 0 spiro atoms. The monoisotopic (exact) mass is 256 g/mol. The lowest BCUT2D eigenvalue weighted by molar-refractivity contribution is -0.138. The number of halogens is 5. The van der Waals surface area contributed by atoms with E-state index >= 15 is 0 Å². The number of carbonyl (C=O) groups excluding carboxylic acids is 1. The van der Waals surface area contributed by atoms with Gasteiger partial charge in [0.2, 0.25) is 0 Å². The van der Waals surface area contributed by atoms with Crippen molar-refractivity contribution in [2.75, 3.05) is 0 Å². The molecule has 1 rings (SSSR count). The van der Waals surface area contributed by atoms with Crippen LogP contribution >= 0.6 is 23.2 Å². The molecule has 0 radical (unpaired) electrons. The molecular formula is C9H5Cl2F3O. The van der Waals surface area contributed by atoms with E-state index in [1.54, 1.807) is 0 Å². The molecule has 0 atom stereocenters. The molecule has 0 heterocycles. The maximum absolute atomic E-state index is 12.5. The number of aryl methyl sites for hydroxylation is 1. The maximum atomic E-state index is 12.5. The number of carbonyl (C=O) groups is 1. The third kappa shape index (κ3) is 2.63. The van der Waals surface area contributed by atoms with Gasteiger partial charge in [-0.05, 0) is 36.2 Å². The highest BCUT2D eigenvalue weighted by atomic mass is 35.5. The predicted molar refractivity (Wildman–Crippen MR) is 51.4 cm³/mol. The van der Waals surface area contributed by atoms with Crippen molar-refractivity contribution in [1.82, 2.24) is 0 Å². The van der Waals surface area contributed by atoms with Crippen LogP contribution in [-0.4, -0.2) is 5.24 Å². The Bertz CT molecular complexity index is 413. The summed E-state index contributed by atoms with van der Waals surface area (Å²) in [5.41, 5.74) is -1.78. The summed E-state index contributed by atoms with van der Waals surface area (Å²) in [6.45, 7) is 1.22. The van der Waals surface area contributed by atoms with Gasteiger partial charge in [-0.3, -0.25) is 4.79 Å². The summed E-state index contributed by atoms with van der Waals surface area (Å²) in [5.74, 6) is 0. The molecule has 0 aromatic heterocycles. The number of hydrogen-bond acceptors (Lipinski definition) is 1. The van der Waals surface area contributed by atoms with Crippen LogP contribution in [0, 0.1) is 6.92 Å². The van der Waals surface area contributed by atoms with E-state index in [4.69, 9.17) is 23.2 Å². The molecule has 0 aliphatic heterocycles. The SMILES string of the molecule is Cc1cc(Cl)cc(C(=O)Cl)c1C(F)(F)F. The molecule has 0 saturated carbocycles. The molecule has 1 aromatic carbocycles. The van der Waals surface area contributed by atoms with E-state index in [2.05, 4.69) is 0 Å². The van der Waals surface area contributed by atoms with Gasteiger partial charge in [-0.25, -0.2) is 0 Å². The summed E-state index contributed by atoms with van der Waals surface area (Å²) in [7, 11) is 0. The third-order valence-electron chi connectivity index (χ3n) is 1.80. The molecule has 1 nitrogen and oxygen atoms in total. The Morgan fingerprint density at radius 3 is 2.27 bits per heavy atom. The highest BCUT2D eigenvalue weighted by Gasteiger charge is 2.36. The summed E-state index contributed by atoms with van der Waals surface area (Å²) in [6.07, 6.45) is -4.62. The molecule has 6 heteroatoms. The highest BCUT2D eigenvalue weighted by molar-refractivity contribution is 6.68. The van der Waals surface area contributed by atoms with Crippen LogP contribution in [0.2, 0.25) is 5.02 Å². The van der Waals surface area contributed by atoms with Crippen LogP contribution < -0.4 is 0 Å². The van der Waals surface area contributed by atoms with Crippen LogP contribution in [0.4, 0.5) is 13.2 Å². The number of alkyl halides is 3. The summed E-state index contributed by atoms with van der Waals surface area (Å²) in [4.78, 5) is 10.8. The van der Waals surface area contributed by atoms with Crippen LogP contribution in [0.1, 0.15) is 21.5 Å². The van der Waals surface area contributed by atoms with Gasteiger partial charge in [-0.15, -0.1) is 0 Å². The minimum absolute atomic E-state index is 0.0458. The number of hydrogen-bond donors (Lipinski definition) is 0. The first-order valence-corrected chi connectivity index (χ1v) is 4.56. The van der Waals surface area contributed by atoms with Gasteiger partial charge >= 0.3 is 6.18 Å². The van der Waals surface area contributed by atoms with E-state index in [1.807, 2.05) is 0 Å². The molecule has 0 aliphatic carbocycles. The molecule has 0 aliphatic rings. The topological polar surface area (TPSA) is 17.1 Å². The number of benzene rings is 1. The molecule has 1 aromatic rings. The van der Waals surface area contributed by atoms with Gasteiger partial charge in [-0.2, -0.15) is 13.2 Å². The number of rotatable bonds is 1. The average molecular weight is 257 g/mol. The summed E-state index contributed by atoms with van der Waals surface area (Å²) < 4.78 is 37.6. The Labute approximate surface area is 93.8 Å². The second kappa shape index (κ2) is 4.02. The second-order valence-electron chi connectivity index (χ2n) is 2.92. The van der Waals surface area contributed by atoms with E-state index in [-0.39, 0.29) is 10.6 Å². The summed E-state index contributed by atoms with van der Waals surface area (Å²) >= 11 is 10.6. The normalized spacial score (nSPS) is 11.6. The largest absolute Gasteiger partial charge is 0.417 e. The zero-order chi connectivity index (χ0) is 11.8. The minimum Gasteiger partial charge on any atom is -0.276 e. The molecular weight excluding hydrogens is 252 g/mol. The fourth-order valence-corrected chi connectivity index (χ4v) is 1.70. The van der Waals surface area contributed by atoms with Gasteiger partial charge in [0.25, 0.3) is 5.24 Å². The standard InChI is InChI=1S/C9H5Cl2F3O/c1-4-2-5(10)3-6(8(11)15)7(4)9(12,13)14/h2-3H,1H3. The summed E-state index contributed by atoms with van der Waals surface area (Å²) in [6, 6.07) is 2.04. The lowest BCUT2D eigenvalue weighted by Crippen LogP contribution is -2.13. The van der Waals surface area contributed by atoms with E-state index in [0.29, 0.717) is 0 Å². The second-order valence-corrected chi connectivity index (χ2v) is 3.70. The van der Waals surface area contributed by atoms with E-state index in [0.717, 1.165) is 12.1 Å². The van der Waals surface area contributed by atoms with Crippen molar-refractivity contribution in [1.29, 1.82) is 0 Å². The molecule has 0 bridgehead atoms. The first-order chi connectivity index (χ1) is 6.73. The first kappa shape index (κ1) is 12.3. The van der Waals surface area contributed by atoms with Crippen LogP contribution in [-0.2, 0) is 6.18 Å². The van der Waals surface area contributed by atoms with Crippen LogP contribution in [0.3, 0.4) is 0 Å². The van der Waals surface area contributed by atoms with Crippen molar-refractivity contribution in [2.24, 2.45) is 0 Å². The molecule has 82 valence electrons. The van der Waals surface area contributed by atoms with Gasteiger partial charge in [-0.1, -0.05) is 11.6 Å². The predicted octanol–water partition coefficient (Wildman–Crippen LogP) is 4.05. The zero-order valence-corrected chi connectivity index (χ0v) is 8.96. The average Bonchev–Trinajstić information content (AvgIpc) is 1.99. The van der Waals surface area contributed by atoms with Crippen LogP contribution in [0.5, 0.6) is 0 Å². The fraction of sp³-hybridized carbons (Fsp3) is 0.222. The van der Waals surface area contributed by atoms with Crippen molar-refractivity contribution < 1.29 is 18.0 Å².